The summed E-state index contributed by atoms with van der Waals surface area (Å²) in [6.45, 7) is 4.45. The van der Waals surface area contributed by atoms with E-state index in [1.54, 1.807) is 29.0 Å². The second kappa shape index (κ2) is 5.27. The molecule has 3 aromatic rings. The van der Waals surface area contributed by atoms with Crippen LogP contribution in [-0.4, -0.2) is 9.97 Å². The van der Waals surface area contributed by atoms with E-state index in [9.17, 15) is 0 Å². The molecule has 98 valence electrons. The van der Waals surface area contributed by atoms with E-state index in [0.29, 0.717) is 12.0 Å². The zero-order valence-corrected chi connectivity index (χ0v) is 12.5. The van der Waals surface area contributed by atoms with Crippen LogP contribution in [-0.2, 0) is 0 Å². The molecule has 3 heterocycles. The molecule has 5 heteroatoms. The van der Waals surface area contributed by atoms with Crippen LogP contribution in [0.25, 0.3) is 10.2 Å². The van der Waals surface area contributed by atoms with E-state index >= 15 is 0 Å². The average Bonchev–Trinajstić information content (AvgIpc) is 3.06. The zero-order valence-electron chi connectivity index (χ0n) is 10.8. The van der Waals surface area contributed by atoms with E-state index in [0.717, 1.165) is 16.0 Å². The van der Waals surface area contributed by atoms with Crippen molar-refractivity contribution in [3.8, 4) is 0 Å². The number of hydrogen-bond acceptors (Lipinski definition) is 5. The monoisotopic (exact) mass is 289 g/mol. The molecule has 0 aliphatic heterocycles. The van der Waals surface area contributed by atoms with Crippen LogP contribution in [0.3, 0.4) is 0 Å². The number of aromatic nitrogens is 2. The second-order valence-corrected chi connectivity index (χ2v) is 6.63. The maximum absolute atomic E-state index is 4.40. The summed E-state index contributed by atoms with van der Waals surface area (Å²) >= 11 is 3.46. The fraction of sp³-hybridized carbons (Fsp3) is 0.286. The van der Waals surface area contributed by atoms with Crippen LogP contribution in [0.1, 0.15) is 24.8 Å². The van der Waals surface area contributed by atoms with Gasteiger partial charge in [0.05, 0.1) is 16.3 Å². The van der Waals surface area contributed by atoms with Gasteiger partial charge >= 0.3 is 0 Å². The van der Waals surface area contributed by atoms with Crippen LogP contribution in [0.5, 0.6) is 0 Å². The molecule has 3 rings (SSSR count). The summed E-state index contributed by atoms with van der Waals surface area (Å²) in [7, 11) is 0. The first-order valence-corrected chi connectivity index (χ1v) is 8.00. The minimum atomic E-state index is 0.292. The smallest absolute Gasteiger partial charge is 0.147 e. The molecule has 0 saturated heterocycles. The highest BCUT2D eigenvalue weighted by molar-refractivity contribution is 7.17. The number of thiophene rings is 2. The molecule has 19 heavy (non-hydrogen) atoms. The molecule has 0 radical (unpaired) electrons. The van der Waals surface area contributed by atoms with Crippen molar-refractivity contribution in [3.63, 3.8) is 0 Å². The number of fused-ring (bicyclic) bond motifs is 1. The lowest BCUT2D eigenvalue weighted by atomic mass is 10.0. The predicted octanol–water partition coefficient (Wildman–Crippen LogP) is 4.56. The first kappa shape index (κ1) is 12.6. The molecule has 0 fully saturated rings. The molecule has 1 unspecified atom stereocenters. The first-order chi connectivity index (χ1) is 9.25. The Kier molecular flexibility index (Phi) is 3.48. The number of nitrogens with zero attached hydrogens (tertiary/aromatic N) is 2. The molecular formula is C14H15N3S2. The van der Waals surface area contributed by atoms with Crippen LogP contribution in [0.15, 0.2) is 35.3 Å². The molecule has 0 spiro atoms. The number of hydrogen-bond donors (Lipinski definition) is 1. The maximum Gasteiger partial charge on any atom is 0.147 e. The van der Waals surface area contributed by atoms with Crippen molar-refractivity contribution in [2.45, 2.75) is 19.9 Å². The molecule has 0 aliphatic carbocycles. The summed E-state index contributed by atoms with van der Waals surface area (Å²) in [6.07, 6.45) is 1.63. The summed E-state index contributed by atoms with van der Waals surface area (Å²) in [4.78, 5) is 10.0. The van der Waals surface area contributed by atoms with Crippen molar-refractivity contribution < 1.29 is 0 Å². The highest BCUT2D eigenvalue weighted by Crippen LogP contribution is 2.32. The van der Waals surface area contributed by atoms with Crippen LogP contribution < -0.4 is 5.32 Å². The van der Waals surface area contributed by atoms with Gasteiger partial charge in [-0.2, -0.15) is 0 Å². The lowest BCUT2D eigenvalue weighted by molar-refractivity contribution is 0.552. The number of anilines is 1. The minimum Gasteiger partial charge on any atom is -0.361 e. The van der Waals surface area contributed by atoms with Gasteiger partial charge in [-0.05, 0) is 28.8 Å². The molecule has 3 nitrogen and oxygen atoms in total. The summed E-state index contributed by atoms with van der Waals surface area (Å²) < 4.78 is 1.13. The summed E-state index contributed by atoms with van der Waals surface area (Å²) in [5.41, 5.74) is 1.01. The topological polar surface area (TPSA) is 37.8 Å². The Morgan fingerprint density at radius 3 is 2.74 bits per heavy atom. The van der Waals surface area contributed by atoms with E-state index in [2.05, 4.69) is 52.0 Å². The maximum atomic E-state index is 4.40. The molecule has 0 aromatic carbocycles. The van der Waals surface area contributed by atoms with E-state index in [4.69, 9.17) is 0 Å². The van der Waals surface area contributed by atoms with Crippen molar-refractivity contribution >= 4 is 38.7 Å². The lowest BCUT2D eigenvalue weighted by Crippen LogP contribution is -2.16. The van der Waals surface area contributed by atoms with Crippen LogP contribution >= 0.6 is 22.7 Å². The van der Waals surface area contributed by atoms with Gasteiger partial charge in [0.2, 0.25) is 0 Å². The highest BCUT2D eigenvalue weighted by Gasteiger charge is 2.18. The van der Waals surface area contributed by atoms with Crippen molar-refractivity contribution in [1.29, 1.82) is 0 Å². The third-order valence-electron chi connectivity index (χ3n) is 3.05. The molecule has 0 bridgehead atoms. The van der Waals surface area contributed by atoms with E-state index in [1.165, 1.54) is 4.88 Å². The molecule has 3 aromatic heterocycles. The van der Waals surface area contributed by atoms with Gasteiger partial charge < -0.3 is 5.32 Å². The van der Waals surface area contributed by atoms with Crippen molar-refractivity contribution in [3.05, 3.63) is 40.2 Å². The third kappa shape index (κ3) is 2.48. The SMILES string of the molecule is CC(C)C(Nc1ncnc2ccsc12)c1cccs1. The van der Waals surface area contributed by atoms with Gasteiger partial charge in [0.15, 0.2) is 0 Å². The van der Waals surface area contributed by atoms with Crippen molar-refractivity contribution in [2.24, 2.45) is 5.92 Å². The summed E-state index contributed by atoms with van der Waals surface area (Å²) in [6, 6.07) is 6.59. The van der Waals surface area contributed by atoms with Crippen LogP contribution in [0.4, 0.5) is 5.82 Å². The van der Waals surface area contributed by atoms with Crippen LogP contribution in [0, 0.1) is 5.92 Å². The Labute approximate surface area is 120 Å². The van der Waals surface area contributed by atoms with Gasteiger partial charge in [0, 0.05) is 4.88 Å². The Bertz CT molecular complexity index is 658. The Balaban J connectivity index is 1.96. The van der Waals surface area contributed by atoms with E-state index in [1.807, 2.05) is 6.07 Å². The Morgan fingerprint density at radius 2 is 2.00 bits per heavy atom. The lowest BCUT2D eigenvalue weighted by Gasteiger charge is -2.22. The van der Waals surface area contributed by atoms with Crippen molar-refractivity contribution in [2.75, 3.05) is 5.32 Å². The number of rotatable bonds is 4. The molecule has 1 atom stereocenters. The van der Waals surface area contributed by atoms with Gasteiger partial charge in [-0.15, -0.1) is 22.7 Å². The second-order valence-electron chi connectivity index (χ2n) is 4.74. The minimum absolute atomic E-state index is 0.292. The highest BCUT2D eigenvalue weighted by atomic mass is 32.1. The molecule has 0 saturated carbocycles. The van der Waals surface area contributed by atoms with Gasteiger partial charge in [-0.1, -0.05) is 19.9 Å². The third-order valence-corrected chi connectivity index (χ3v) is 4.92. The molecule has 0 aliphatic rings. The number of nitrogens with one attached hydrogen (secondary N) is 1. The van der Waals surface area contributed by atoms with Crippen molar-refractivity contribution in [1.82, 2.24) is 9.97 Å². The van der Waals surface area contributed by atoms with Gasteiger partial charge in [-0.3, -0.25) is 0 Å². The Hall–Kier alpha value is -1.46. The predicted molar refractivity (Wildman–Crippen MR) is 82.9 cm³/mol. The summed E-state index contributed by atoms with van der Waals surface area (Å²) in [5, 5.41) is 7.75. The molecule has 1 N–H and O–H groups in total. The zero-order chi connectivity index (χ0) is 13.2. The summed E-state index contributed by atoms with van der Waals surface area (Å²) in [5.74, 6) is 1.44. The van der Waals surface area contributed by atoms with Crippen LogP contribution in [0.2, 0.25) is 0 Å². The quantitative estimate of drug-likeness (QED) is 0.765. The van der Waals surface area contributed by atoms with E-state index < -0.39 is 0 Å². The average molecular weight is 289 g/mol. The van der Waals surface area contributed by atoms with Gasteiger partial charge in [-0.25, -0.2) is 9.97 Å². The molecular weight excluding hydrogens is 274 g/mol. The molecule has 0 amide bonds. The van der Waals surface area contributed by atoms with Gasteiger partial charge in [0.1, 0.15) is 12.1 Å². The standard InChI is InChI=1S/C14H15N3S2/c1-9(2)12(11-4-3-6-18-11)17-14-13-10(5-7-19-13)15-8-16-14/h3-9,12H,1-2H3,(H,15,16,17). The fourth-order valence-electron chi connectivity index (χ4n) is 2.07. The van der Waals surface area contributed by atoms with Gasteiger partial charge in [0.25, 0.3) is 0 Å². The van der Waals surface area contributed by atoms with E-state index in [-0.39, 0.29) is 0 Å². The normalized spacial score (nSPS) is 13.0. The fourth-order valence-corrected chi connectivity index (χ4v) is 3.82. The Morgan fingerprint density at radius 1 is 1.11 bits per heavy atom. The first-order valence-electron chi connectivity index (χ1n) is 6.24. The largest absolute Gasteiger partial charge is 0.361 e.